The van der Waals surface area contributed by atoms with E-state index in [1.807, 2.05) is 6.07 Å². The lowest BCUT2D eigenvalue weighted by Gasteiger charge is -2.29. The number of piperidine rings is 1. The minimum atomic E-state index is -0.351. The Kier molecular flexibility index (Phi) is 2.65. The Bertz CT molecular complexity index is 523. The lowest BCUT2D eigenvalue weighted by Crippen LogP contribution is -2.49. The maximum atomic E-state index is 12.0. The summed E-state index contributed by atoms with van der Waals surface area (Å²) in [5, 5.41) is 12.4. The van der Waals surface area contributed by atoms with Gasteiger partial charge in [-0.1, -0.05) is 12.1 Å². The van der Waals surface area contributed by atoms with Gasteiger partial charge in [0.05, 0.1) is 17.3 Å². The molecule has 2 saturated heterocycles. The van der Waals surface area contributed by atoms with Gasteiger partial charge < -0.3 is 10.1 Å². The number of nitrogens with zero attached hydrogens (tertiary/aromatic N) is 2. The molecule has 2 aliphatic heterocycles. The minimum Gasteiger partial charge on any atom is -0.444 e. The Balaban J connectivity index is 2.00. The SMILES string of the molecule is N#Cc1ccccc1N1C(=O)OC2CCNCC21. The van der Waals surface area contributed by atoms with Crippen molar-refractivity contribution in [2.45, 2.75) is 18.6 Å². The van der Waals surface area contributed by atoms with Crippen LogP contribution in [0.1, 0.15) is 12.0 Å². The van der Waals surface area contributed by atoms with Crippen LogP contribution >= 0.6 is 0 Å². The molecule has 0 bridgehead atoms. The fraction of sp³-hybridized carbons (Fsp3) is 0.385. The molecule has 18 heavy (non-hydrogen) atoms. The molecule has 1 N–H and O–H groups in total. The zero-order valence-electron chi connectivity index (χ0n) is 9.80. The Morgan fingerprint density at radius 3 is 3.11 bits per heavy atom. The monoisotopic (exact) mass is 243 g/mol. The average molecular weight is 243 g/mol. The van der Waals surface area contributed by atoms with Crippen molar-refractivity contribution < 1.29 is 9.53 Å². The van der Waals surface area contributed by atoms with Gasteiger partial charge in [-0.3, -0.25) is 4.90 Å². The predicted octanol–water partition coefficient (Wildman–Crippen LogP) is 1.25. The number of nitriles is 1. The van der Waals surface area contributed by atoms with Crippen LogP contribution in [0.15, 0.2) is 24.3 Å². The number of hydrogen-bond acceptors (Lipinski definition) is 4. The van der Waals surface area contributed by atoms with Crippen LogP contribution in [-0.4, -0.2) is 31.3 Å². The zero-order chi connectivity index (χ0) is 12.5. The molecule has 2 fully saturated rings. The van der Waals surface area contributed by atoms with E-state index in [1.54, 1.807) is 23.1 Å². The molecule has 2 aliphatic rings. The fourth-order valence-corrected chi connectivity index (χ4v) is 2.59. The Morgan fingerprint density at radius 2 is 2.28 bits per heavy atom. The van der Waals surface area contributed by atoms with Gasteiger partial charge in [-0.2, -0.15) is 5.26 Å². The van der Waals surface area contributed by atoms with E-state index in [1.165, 1.54) is 0 Å². The van der Waals surface area contributed by atoms with Gasteiger partial charge in [0.1, 0.15) is 12.2 Å². The molecule has 1 amide bonds. The summed E-state index contributed by atoms with van der Waals surface area (Å²) in [7, 11) is 0. The van der Waals surface area contributed by atoms with Gasteiger partial charge in [0, 0.05) is 6.54 Å². The number of benzene rings is 1. The van der Waals surface area contributed by atoms with Gasteiger partial charge in [0.25, 0.3) is 0 Å². The number of ether oxygens (including phenoxy) is 1. The second-order valence-corrected chi connectivity index (χ2v) is 4.48. The average Bonchev–Trinajstić information content (AvgIpc) is 2.74. The van der Waals surface area contributed by atoms with Crippen LogP contribution in [0, 0.1) is 11.3 Å². The summed E-state index contributed by atoms with van der Waals surface area (Å²) in [5.74, 6) is 0. The highest BCUT2D eigenvalue weighted by atomic mass is 16.6. The third kappa shape index (κ3) is 1.62. The van der Waals surface area contributed by atoms with Crippen LogP contribution in [0.2, 0.25) is 0 Å². The summed E-state index contributed by atoms with van der Waals surface area (Å²) in [5.41, 5.74) is 1.14. The molecule has 1 aromatic rings. The predicted molar refractivity (Wildman–Crippen MR) is 65.2 cm³/mol. The molecule has 2 atom stereocenters. The maximum absolute atomic E-state index is 12.0. The third-order valence-corrected chi connectivity index (χ3v) is 3.45. The van der Waals surface area contributed by atoms with E-state index >= 15 is 0 Å². The van der Waals surface area contributed by atoms with Crippen LogP contribution in [0.4, 0.5) is 10.5 Å². The molecule has 0 saturated carbocycles. The second-order valence-electron chi connectivity index (χ2n) is 4.48. The van der Waals surface area contributed by atoms with E-state index in [0.717, 1.165) is 13.0 Å². The van der Waals surface area contributed by atoms with Gasteiger partial charge >= 0.3 is 6.09 Å². The van der Waals surface area contributed by atoms with Crippen molar-refractivity contribution >= 4 is 11.8 Å². The van der Waals surface area contributed by atoms with Gasteiger partial charge in [0.2, 0.25) is 0 Å². The van der Waals surface area contributed by atoms with Crippen LogP contribution in [0.25, 0.3) is 0 Å². The van der Waals surface area contributed by atoms with Crippen molar-refractivity contribution in [2.24, 2.45) is 0 Å². The van der Waals surface area contributed by atoms with Crippen molar-refractivity contribution in [3.05, 3.63) is 29.8 Å². The van der Waals surface area contributed by atoms with Crippen LogP contribution in [0.5, 0.6) is 0 Å². The third-order valence-electron chi connectivity index (χ3n) is 3.45. The molecular weight excluding hydrogens is 230 g/mol. The van der Waals surface area contributed by atoms with Crippen molar-refractivity contribution in [3.8, 4) is 6.07 Å². The van der Waals surface area contributed by atoms with Crippen molar-refractivity contribution in [1.82, 2.24) is 5.32 Å². The quantitative estimate of drug-likeness (QED) is 0.806. The lowest BCUT2D eigenvalue weighted by molar-refractivity contribution is 0.117. The summed E-state index contributed by atoms with van der Waals surface area (Å²) < 4.78 is 5.37. The molecular formula is C13H13N3O2. The first-order valence-electron chi connectivity index (χ1n) is 6.01. The first-order chi connectivity index (χ1) is 8.81. The number of nitrogens with one attached hydrogen (secondary N) is 1. The Labute approximate surface area is 105 Å². The van der Waals surface area contributed by atoms with E-state index in [9.17, 15) is 4.79 Å². The highest BCUT2D eigenvalue weighted by molar-refractivity contribution is 5.92. The van der Waals surface area contributed by atoms with Gasteiger partial charge in [0.15, 0.2) is 0 Å². The molecule has 0 aliphatic carbocycles. The van der Waals surface area contributed by atoms with E-state index < -0.39 is 0 Å². The second kappa shape index (κ2) is 4.31. The highest BCUT2D eigenvalue weighted by Crippen LogP contribution is 2.31. The zero-order valence-corrected chi connectivity index (χ0v) is 9.80. The van der Waals surface area contributed by atoms with E-state index in [-0.39, 0.29) is 18.2 Å². The number of fused-ring (bicyclic) bond motifs is 1. The molecule has 5 heteroatoms. The fourth-order valence-electron chi connectivity index (χ4n) is 2.59. The van der Waals surface area contributed by atoms with Crippen molar-refractivity contribution in [3.63, 3.8) is 0 Å². The summed E-state index contributed by atoms with van der Waals surface area (Å²) in [6.45, 7) is 1.57. The molecule has 92 valence electrons. The largest absolute Gasteiger partial charge is 0.444 e. The summed E-state index contributed by atoms with van der Waals surface area (Å²) in [6.07, 6.45) is 0.406. The standard InChI is InChI=1S/C13H13N3O2/c14-7-9-3-1-2-4-10(9)16-11-8-15-6-5-12(11)18-13(16)17/h1-4,11-12,15H,5-6,8H2. The highest BCUT2D eigenvalue weighted by Gasteiger charge is 2.44. The van der Waals surface area contributed by atoms with E-state index in [2.05, 4.69) is 11.4 Å². The molecule has 0 radical (unpaired) electrons. The number of hydrogen-bond donors (Lipinski definition) is 1. The van der Waals surface area contributed by atoms with Crippen molar-refractivity contribution in [2.75, 3.05) is 18.0 Å². The molecule has 2 unspecified atom stereocenters. The van der Waals surface area contributed by atoms with E-state index in [4.69, 9.17) is 10.00 Å². The number of carbonyl (C=O) groups excluding carboxylic acids is 1. The summed E-state index contributed by atoms with van der Waals surface area (Å²) in [6, 6.07) is 9.23. The first kappa shape index (κ1) is 11.1. The topological polar surface area (TPSA) is 65.4 Å². The van der Waals surface area contributed by atoms with Gasteiger partial charge in [-0.05, 0) is 25.1 Å². The molecule has 0 spiro atoms. The van der Waals surface area contributed by atoms with Crippen LogP contribution < -0.4 is 10.2 Å². The van der Waals surface area contributed by atoms with Gasteiger partial charge in [-0.15, -0.1) is 0 Å². The molecule has 0 aromatic heterocycles. The summed E-state index contributed by atoms with van der Waals surface area (Å²) in [4.78, 5) is 13.6. The number of anilines is 1. The molecule has 1 aromatic carbocycles. The maximum Gasteiger partial charge on any atom is 0.415 e. The molecule has 3 rings (SSSR count). The van der Waals surface area contributed by atoms with Crippen LogP contribution in [0.3, 0.4) is 0 Å². The smallest absolute Gasteiger partial charge is 0.415 e. The van der Waals surface area contributed by atoms with Gasteiger partial charge in [-0.25, -0.2) is 4.79 Å². The number of para-hydroxylation sites is 1. The molecule has 5 nitrogen and oxygen atoms in total. The first-order valence-corrected chi connectivity index (χ1v) is 6.01. The van der Waals surface area contributed by atoms with E-state index in [0.29, 0.717) is 17.8 Å². The molecule has 2 heterocycles. The number of amides is 1. The minimum absolute atomic E-state index is 0.0132. The Morgan fingerprint density at radius 1 is 1.44 bits per heavy atom. The normalized spacial score (nSPS) is 26.4. The Hall–Kier alpha value is -2.06. The number of carbonyl (C=O) groups is 1. The lowest BCUT2D eigenvalue weighted by atomic mass is 10.0. The summed E-state index contributed by atoms with van der Waals surface area (Å²) >= 11 is 0. The van der Waals surface area contributed by atoms with Crippen LogP contribution in [-0.2, 0) is 4.74 Å². The van der Waals surface area contributed by atoms with Crippen molar-refractivity contribution in [1.29, 1.82) is 5.26 Å². The number of rotatable bonds is 1.